The Kier molecular flexibility index (Phi) is 9.20. The molecule has 0 aliphatic rings. The van der Waals surface area contributed by atoms with Crippen LogP contribution in [0.3, 0.4) is 0 Å². The van der Waals surface area contributed by atoms with Gasteiger partial charge in [-0.2, -0.15) is 5.10 Å². The van der Waals surface area contributed by atoms with Gasteiger partial charge < -0.3 is 20.1 Å². The van der Waals surface area contributed by atoms with Gasteiger partial charge in [-0.3, -0.25) is 10.2 Å². The van der Waals surface area contributed by atoms with Crippen LogP contribution in [0.2, 0.25) is 5.02 Å². The van der Waals surface area contributed by atoms with Gasteiger partial charge in [-0.1, -0.05) is 29.8 Å². The van der Waals surface area contributed by atoms with Crippen molar-refractivity contribution in [3.63, 3.8) is 0 Å². The van der Waals surface area contributed by atoms with Gasteiger partial charge in [0.2, 0.25) is 0 Å². The van der Waals surface area contributed by atoms with E-state index in [0.29, 0.717) is 46.0 Å². The number of thiocarbonyl (C=S) groups is 1. The van der Waals surface area contributed by atoms with Crippen molar-refractivity contribution in [1.29, 1.82) is 0 Å². The smallest absolute Gasteiger partial charge is 0.262 e. The molecule has 29 heavy (non-hydrogen) atoms. The number of hydrogen-bond acceptors (Lipinski definition) is 5. The summed E-state index contributed by atoms with van der Waals surface area (Å²) >= 11 is 11.4. The highest BCUT2D eigenvalue weighted by molar-refractivity contribution is 7.80. The van der Waals surface area contributed by atoms with Crippen LogP contribution in [0, 0.1) is 0 Å². The number of halogens is 1. The Morgan fingerprint density at radius 3 is 2.66 bits per heavy atom. The molecule has 7 nitrogen and oxygen atoms in total. The molecule has 0 unspecified atom stereocenters. The fraction of sp³-hybridized carbons (Fsp3) is 0.250. The molecule has 9 heteroatoms. The minimum absolute atomic E-state index is 0.208. The minimum atomic E-state index is -0.304. The molecule has 0 aromatic heterocycles. The zero-order valence-corrected chi connectivity index (χ0v) is 17.8. The summed E-state index contributed by atoms with van der Waals surface area (Å²) in [5.74, 6) is 0.412. The number of para-hydroxylation sites is 1. The molecule has 0 spiro atoms. The summed E-state index contributed by atoms with van der Waals surface area (Å²) in [6.45, 7) is 4.68. The number of nitrogens with zero attached hydrogens (tertiary/aromatic N) is 1. The van der Waals surface area contributed by atoms with Crippen molar-refractivity contribution in [3.05, 3.63) is 53.1 Å². The summed E-state index contributed by atoms with van der Waals surface area (Å²) in [6.07, 6.45) is 1.56. The van der Waals surface area contributed by atoms with Gasteiger partial charge in [0.1, 0.15) is 0 Å². The molecule has 154 valence electrons. The van der Waals surface area contributed by atoms with Crippen LogP contribution in [0.15, 0.2) is 47.6 Å². The lowest BCUT2D eigenvalue weighted by Gasteiger charge is -2.14. The molecule has 2 aromatic carbocycles. The fourth-order valence-corrected chi connectivity index (χ4v) is 2.76. The van der Waals surface area contributed by atoms with Crippen LogP contribution < -0.4 is 25.5 Å². The maximum atomic E-state index is 12.1. The molecule has 0 aliphatic heterocycles. The molecule has 0 saturated carbocycles. The summed E-state index contributed by atoms with van der Waals surface area (Å²) in [6, 6.07) is 12.5. The number of ether oxygens (including phenoxy) is 2. The zero-order valence-electron chi connectivity index (χ0n) is 16.2. The number of carbonyl (C=O) groups is 1. The molecule has 3 N–H and O–H groups in total. The van der Waals surface area contributed by atoms with Crippen LogP contribution >= 0.6 is 23.8 Å². The molecule has 2 aromatic rings. The van der Waals surface area contributed by atoms with E-state index in [0.717, 1.165) is 0 Å². The molecule has 0 saturated heterocycles. The summed E-state index contributed by atoms with van der Waals surface area (Å²) in [7, 11) is 0. The monoisotopic (exact) mass is 434 g/mol. The molecule has 0 radical (unpaired) electrons. The van der Waals surface area contributed by atoms with Crippen LogP contribution in [0.25, 0.3) is 0 Å². The van der Waals surface area contributed by atoms with Crippen LogP contribution in [0.1, 0.15) is 19.4 Å². The Hall–Kier alpha value is -2.84. The van der Waals surface area contributed by atoms with Gasteiger partial charge in [0, 0.05) is 12.2 Å². The van der Waals surface area contributed by atoms with Crippen LogP contribution in [-0.2, 0) is 4.79 Å². The maximum absolute atomic E-state index is 12.1. The topological polar surface area (TPSA) is 84.0 Å². The Bertz CT molecular complexity index is 862. The number of benzene rings is 2. The molecular formula is C20H23ClN4O3S. The van der Waals surface area contributed by atoms with E-state index in [4.69, 9.17) is 33.3 Å². The number of nitrogens with one attached hydrogen (secondary N) is 3. The van der Waals surface area contributed by atoms with Gasteiger partial charge >= 0.3 is 0 Å². The summed E-state index contributed by atoms with van der Waals surface area (Å²) in [5, 5.41) is 10.5. The number of anilines is 1. The molecule has 2 rings (SSSR count). The molecule has 0 fully saturated rings. The lowest BCUT2D eigenvalue weighted by molar-refractivity contribution is -0.118. The van der Waals surface area contributed by atoms with E-state index < -0.39 is 0 Å². The van der Waals surface area contributed by atoms with E-state index >= 15 is 0 Å². The van der Waals surface area contributed by atoms with Crippen molar-refractivity contribution in [1.82, 2.24) is 10.7 Å². The van der Waals surface area contributed by atoms with Crippen LogP contribution in [0.5, 0.6) is 11.5 Å². The SMILES string of the molecule is CCNC(=S)N/N=C\c1cc(Cl)c(OCC(=O)Nc2ccccc2)c(OCC)c1. The van der Waals surface area contributed by atoms with Crippen molar-refractivity contribution >= 4 is 46.7 Å². The third-order valence-electron chi connectivity index (χ3n) is 3.45. The van der Waals surface area contributed by atoms with Gasteiger partial charge in [-0.25, -0.2) is 0 Å². The molecule has 0 bridgehead atoms. The van der Waals surface area contributed by atoms with E-state index in [2.05, 4.69) is 21.2 Å². The maximum Gasteiger partial charge on any atom is 0.262 e. The molecule has 0 heterocycles. The zero-order chi connectivity index (χ0) is 21.1. The Morgan fingerprint density at radius 2 is 1.97 bits per heavy atom. The number of amides is 1. The number of rotatable bonds is 9. The van der Waals surface area contributed by atoms with Crippen LogP contribution in [0.4, 0.5) is 5.69 Å². The van der Waals surface area contributed by atoms with E-state index in [1.165, 1.54) is 0 Å². The second-order valence-electron chi connectivity index (χ2n) is 5.70. The van der Waals surface area contributed by atoms with E-state index in [1.54, 1.807) is 30.5 Å². The van der Waals surface area contributed by atoms with Crippen LogP contribution in [-0.4, -0.2) is 37.0 Å². The highest BCUT2D eigenvalue weighted by atomic mass is 35.5. The predicted molar refractivity (Wildman–Crippen MR) is 120 cm³/mol. The first-order valence-electron chi connectivity index (χ1n) is 9.04. The molecule has 1 amide bonds. The molecule has 0 aliphatic carbocycles. The summed E-state index contributed by atoms with van der Waals surface area (Å²) < 4.78 is 11.2. The quantitative estimate of drug-likeness (QED) is 0.318. The third kappa shape index (κ3) is 7.59. The summed E-state index contributed by atoms with van der Waals surface area (Å²) in [5.41, 5.74) is 4.08. The van der Waals surface area contributed by atoms with E-state index in [-0.39, 0.29) is 12.5 Å². The Morgan fingerprint density at radius 1 is 1.21 bits per heavy atom. The Balaban J connectivity index is 2.05. The first kappa shape index (κ1) is 22.4. The van der Waals surface area contributed by atoms with Crippen molar-refractivity contribution in [2.75, 3.05) is 25.1 Å². The van der Waals surface area contributed by atoms with Crippen molar-refractivity contribution in [2.45, 2.75) is 13.8 Å². The van der Waals surface area contributed by atoms with Gasteiger partial charge in [-0.15, -0.1) is 0 Å². The highest BCUT2D eigenvalue weighted by Gasteiger charge is 2.14. The van der Waals surface area contributed by atoms with Gasteiger partial charge in [0.25, 0.3) is 5.91 Å². The standard InChI is InChI=1S/C20H23ClN4O3S/c1-3-22-20(29)25-23-12-14-10-16(21)19(17(11-14)27-4-2)28-13-18(26)24-15-8-6-5-7-9-15/h5-12H,3-4,13H2,1-2H3,(H,24,26)(H2,22,25,29)/b23-12-. The fourth-order valence-electron chi connectivity index (χ4n) is 2.29. The normalized spacial score (nSPS) is 10.4. The first-order chi connectivity index (χ1) is 14.0. The lowest BCUT2D eigenvalue weighted by Crippen LogP contribution is -2.31. The first-order valence-corrected chi connectivity index (χ1v) is 9.83. The predicted octanol–water partition coefficient (Wildman–Crippen LogP) is 3.57. The van der Waals surface area contributed by atoms with Gasteiger partial charge in [0.15, 0.2) is 23.2 Å². The highest BCUT2D eigenvalue weighted by Crippen LogP contribution is 2.36. The van der Waals surface area contributed by atoms with E-state index in [1.807, 2.05) is 32.0 Å². The largest absolute Gasteiger partial charge is 0.490 e. The summed E-state index contributed by atoms with van der Waals surface area (Å²) in [4.78, 5) is 12.1. The van der Waals surface area contributed by atoms with Gasteiger partial charge in [0.05, 0.1) is 17.8 Å². The van der Waals surface area contributed by atoms with Crippen molar-refractivity contribution in [2.24, 2.45) is 5.10 Å². The van der Waals surface area contributed by atoms with Crippen molar-refractivity contribution < 1.29 is 14.3 Å². The molecule has 0 atom stereocenters. The van der Waals surface area contributed by atoms with E-state index in [9.17, 15) is 4.79 Å². The average Bonchev–Trinajstić information content (AvgIpc) is 2.68. The second kappa shape index (κ2) is 11.9. The number of hydrazone groups is 1. The number of carbonyl (C=O) groups excluding carboxylic acids is 1. The molecular weight excluding hydrogens is 412 g/mol. The lowest BCUT2D eigenvalue weighted by atomic mass is 10.2. The number of hydrogen-bond donors (Lipinski definition) is 3. The average molecular weight is 435 g/mol. The minimum Gasteiger partial charge on any atom is -0.490 e. The Labute approximate surface area is 180 Å². The van der Waals surface area contributed by atoms with Gasteiger partial charge in [-0.05, 0) is 55.9 Å². The third-order valence-corrected chi connectivity index (χ3v) is 3.97. The van der Waals surface area contributed by atoms with Crippen molar-refractivity contribution in [3.8, 4) is 11.5 Å². The second-order valence-corrected chi connectivity index (χ2v) is 6.51.